The van der Waals surface area contributed by atoms with E-state index in [9.17, 15) is 4.79 Å². The Balaban J connectivity index is 1.60. The molecule has 0 radical (unpaired) electrons. The lowest BCUT2D eigenvalue weighted by Gasteiger charge is -2.35. The normalized spacial score (nSPS) is 15.7. The van der Waals surface area contributed by atoms with Crippen LogP contribution in [0.1, 0.15) is 27.0 Å². The highest BCUT2D eigenvalue weighted by molar-refractivity contribution is 5.94. The van der Waals surface area contributed by atoms with Gasteiger partial charge in [-0.25, -0.2) is 0 Å². The molecule has 120 valence electrons. The number of piperazine rings is 1. The van der Waals surface area contributed by atoms with Crippen molar-refractivity contribution in [2.75, 3.05) is 26.2 Å². The lowest BCUT2D eigenvalue weighted by atomic mass is 10.0. The molecule has 1 amide bonds. The number of rotatable bonds is 3. The average Bonchev–Trinajstić information content (AvgIpc) is 2.59. The summed E-state index contributed by atoms with van der Waals surface area (Å²) in [5, 5.41) is 0. The molecule has 0 aliphatic carbocycles. The van der Waals surface area contributed by atoms with E-state index < -0.39 is 0 Å². The van der Waals surface area contributed by atoms with Gasteiger partial charge >= 0.3 is 0 Å². The van der Waals surface area contributed by atoms with Crippen LogP contribution in [0.2, 0.25) is 0 Å². The smallest absolute Gasteiger partial charge is 0.253 e. The maximum atomic E-state index is 12.5. The highest BCUT2D eigenvalue weighted by Gasteiger charge is 2.22. The molecule has 23 heavy (non-hydrogen) atoms. The highest BCUT2D eigenvalue weighted by atomic mass is 16.2. The van der Waals surface area contributed by atoms with Crippen molar-refractivity contribution in [3.63, 3.8) is 0 Å². The van der Waals surface area contributed by atoms with E-state index in [4.69, 9.17) is 0 Å². The van der Waals surface area contributed by atoms with E-state index in [0.717, 1.165) is 38.3 Å². The van der Waals surface area contributed by atoms with E-state index in [1.54, 1.807) is 0 Å². The third kappa shape index (κ3) is 3.62. The minimum Gasteiger partial charge on any atom is -0.336 e. The second kappa shape index (κ2) is 6.97. The van der Waals surface area contributed by atoms with Gasteiger partial charge in [-0.2, -0.15) is 0 Å². The maximum absolute atomic E-state index is 12.5. The van der Waals surface area contributed by atoms with E-state index in [1.165, 1.54) is 16.7 Å². The molecule has 0 spiro atoms. The number of hydrogen-bond donors (Lipinski definition) is 0. The number of aryl methyl sites for hydroxylation is 2. The van der Waals surface area contributed by atoms with E-state index in [0.29, 0.717) is 0 Å². The summed E-state index contributed by atoms with van der Waals surface area (Å²) in [5.41, 5.74) is 4.92. The van der Waals surface area contributed by atoms with Crippen LogP contribution in [0.25, 0.3) is 0 Å². The maximum Gasteiger partial charge on any atom is 0.253 e. The van der Waals surface area contributed by atoms with Gasteiger partial charge in [-0.3, -0.25) is 9.69 Å². The van der Waals surface area contributed by atoms with Crippen LogP contribution >= 0.6 is 0 Å². The Morgan fingerprint density at radius 1 is 0.870 bits per heavy atom. The first-order chi connectivity index (χ1) is 11.1. The van der Waals surface area contributed by atoms with Crippen LogP contribution in [0.5, 0.6) is 0 Å². The van der Waals surface area contributed by atoms with Crippen LogP contribution in [-0.2, 0) is 6.54 Å². The molecular weight excluding hydrogens is 284 g/mol. The van der Waals surface area contributed by atoms with Crippen LogP contribution in [0.4, 0.5) is 0 Å². The molecule has 3 rings (SSSR count). The van der Waals surface area contributed by atoms with Gasteiger partial charge in [0.25, 0.3) is 5.91 Å². The Hall–Kier alpha value is -2.13. The molecule has 0 bridgehead atoms. The Bertz CT molecular complexity index is 653. The van der Waals surface area contributed by atoms with Crippen LogP contribution in [0.15, 0.2) is 48.5 Å². The standard InChI is InChI=1S/C20H24N2O/c1-16-7-6-8-17(2)19(16)15-21-11-13-22(14-12-21)20(23)18-9-4-3-5-10-18/h3-10H,11-15H2,1-2H3. The summed E-state index contributed by atoms with van der Waals surface area (Å²) in [7, 11) is 0. The van der Waals surface area contributed by atoms with Crippen LogP contribution in [0, 0.1) is 13.8 Å². The summed E-state index contributed by atoms with van der Waals surface area (Å²) in [4.78, 5) is 16.9. The number of nitrogens with zero attached hydrogens (tertiary/aromatic N) is 2. The molecule has 2 aromatic carbocycles. The Kier molecular flexibility index (Phi) is 4.77. The van der Waals surface area contributed by atoms with Crippen LogP contribution in [0.3, 0.4) is 0 Å². The van der Waals surface area contributed by atoms with Crippen molar-refractivity contribution >= 4 is 5.91 Å². The predicted molar refractivity (Wildman–Crippen MR) is 93.5 cm³/mol. The number of benzene rings is 2. The summed E-state index contributed by atoms with van der Waals surface area (Å²) in [6.45, 7) is 8.82. The van der Waals surface area contributed by atoms with Crippen molar-refractivity contribution in [1.82, 2.24) is 9.80 Å². The summed E-state index contributed by atoms with van der Waals surface area (Å²) < 4.78 is 0. The molecule has 1 saturated heterocycles. The van der Waals surface area contributed by atoms with Crippen molar-refractivity contribution in [1.29, 1.82) is 0 Å². The quantitative estimate of drug-likeness (QED) is 0.869. The first-order valence-corrected chi connectivity index (χ1v) is 8.27. The molecular formula is C20H24N2O. The molecule has 0 N–H and O–H groups in total. The lowest BCUT2D eigenvalue weighted by molar-refractivity contribution is 0.0628. The molecule has 0 saturated carbocycles. The molecule has 3 heteroatoms. The first kappa shape index (κ1) is 15.8. The van der Waals surface area contributed by atoms with Crippen molar-refractivity contribution in [3.05, 3.63) is 70.8 Å². The van der Waals surface area contributed by atoms with E-state index in [1.807, 2.05) is 35.2 Å². The van der Waals surface area contributed by atoms with Gasteiger partial charge in [0, 0.05) is 38.3 Å². The SMILES string of the molecule is Cc1cccc(C)c1CN1CCN(C(=O)c2ccccc2)CC1. The molecule has 1 aliphatic heterocycles. The summed E-state index contributed by atoms with van der Waals surface area (Å²) in [5.74, 6) is 0.150. The van der Waals surface area contributed by atoms with Crippen molar-refractivity contribution in [3.8, 4) is 0 Å². The lowest BCUT2D eigenvalue weighted by Crippen LogP contribution is -2.48. The van der Waals surface area contributed by atoms with Gasteiger partial charge < -0.3 is 4.90 Å². The van der Waals surface area contributed by atoms with Gasteiger partial charge in [0.05, 0.1) is 0 Å². The zero-order valence-corrected chi connectivity index (χ0v) is 14.0. The fraction of sp³-hybridized carbons (Fsp3) is 0.350. The van der Waals surface area contributed by atoms with E-state index >= 15 is 0 Å². The zero-order valence-electron chi connectivity index (χ0n) is 14.0. The topological polar surface area (TPSA) is 23.6 Å². The van der Waals surface area contributed by atoms with Crippen molar-refractivity contribution in [2.24, 2.45) is 0 Å². The largest absolute Gasteiger partial charge is 0.336 e. The summed E-state index contributed by atoms with van der Waals surface area (Å²) in [6, 6.07) is 16.0. The number of hydrogen-bond acceptors (Lipinski definition) is 2. The minimum atomic E-state index is 0.150. The van der Waals surface area contributed by atoms with Crippen molar-refractivity contribution in [2.45, 2.75) is 20.4 Å². The minimum absolute atomic E-state index is 0.150. The zero-order chi connectivity index (χ0) is 16.2. The van der Waals surface area contributed by atoms with Crippen LogP contribution in [-0.4, -0.2) is 41.9 Å². The monoisotopic (exact) mass is 308 g/mol. The number of carbonyl (C=O) groups excluding carboxylic acids is 1. The van der Waals surface area contributed by atoms with Crippen LogP contribution < -0.4 is 0 Å². The highest BCUT2D eigenvalue weighted by Crippen LogP contribution is 2.17. The average molecular weight is 308 g/mol. The van der Waals surface area contributed by atoms with Gasteiger partial charge in [-0.05, 0) is 42.7 Å². The third-order valence-electron chi connectivity index (χ3n) is 4.71. The third-order valence-corrected chi connectivity index (χ3v) is 4.71. The van der Waals surface area contributed by atoms with Gasteiger partial charge in [-0.15, -0.1) is 0 Å². The Labute approximate surface area is 138 Å². The molecule has 3 nitrogen and oxygen atoms in total. The molecule has 1 fully saturated rings. The second-order valence-electron chi connectivity index (χ2n) is 6.30. The second-order valence-corrected chi connectivity index (χ2v) is 6.30. The number of amides is 1. The molecule has 0 atom stereocenters. The molecule has 2 aromatic rings. The Morgan fingerprint density at radius 3 is 2.09 bits per heavy atom. The van der Waals surface area contributed by atoms with Gasteiger partial charge in [0.1, 0.15) is 0 Å². The number of carbonyl (C=O) groups is 1. The van der Waals surface area contributed by atoms with Gasteiger partial charge in [0.2, 0.25) is 0 Å². The fourth-order valence-corrected chi connectivity index (χ4v) is 3.19. The fourth-order valence-electron chi connectivity index (χ4n) is 3.19. The summed E-state index contributed by atoms with van der Waals surface area (Å²) >= 11 is 0. The molecule has 1 aliphatic rings. The first-order valence-electron chi connectivity index (χ1n) is 8.27. The molecule has 0 unspecified atom stereocenters. The Morgan fingerprint density at radius 2 is 1.48 bits per heavy atom. The predicted octanol–water partition coefficient (Wildman–Crippen LogP) is 3.26. The van der Waals surface area contributed by atoms with E-state index in [-0.39, 0.29) is 5.91 Å². The molecule has 0 aromatic heterocycles. The summed E-state index contributed by atoms with van der Waals surface area (Å²) in [6.07, 6.45) is 0. The van der Waals surface area contributed by atoms with E-state index in [2.05, 4.69) is 36.9 Å². The van der Waals surface area contributed by atoms with Gasteiger partial charge in [-0.1, -0.05) is 36.4 Å². The van der Waals surface area contributed by atoms with Crippen molar-refractivity contribution < 1.29 is 4.79 Å². The van der Waals surface area contributed by atoms with Gasteiger partial charge in [0.15, 0.2) is 0 Å². The molecule has 1 heterocycles.